The molecule has 1 aromatic heterocycles. The number of nitrogens with zero attached hydrogens (tertiary/aromatic N) is 2. The molecule has 0 radical (unpaired) electrons. The SMILES string of the molecule is c1ccc(OCCCCNc2ncccn2)cc1. The highest BCUT2D eigenvalue weighted by molar-refractivity contribution is 5.22. The Morgan fingerprint density at radius 2 is 1.72 bits per heavy atom. The van der Waals surface area contributed by atoms with Crippen LogP contribution in [0.1, 0.15) is 12.8 Å². The maximum absolute atomic E-state index is 5.60. The Morgan fingerprint density at radius 3 is 2.50 bits per heavy atom. The molecule has 1 aromatic carbocycles. The average molecular weight is 243 g/mol. The van der Waals surface area contributed by atoms with Crippen LogP contribution >= 0.6 is 0 Å². The summed E-state index contributed by atoms with van der Waals surface area (Å²) in [5.74, 6) is 1.61. The minimum Gasteiger partial charge on any atom is -0.494 e. The lowest BCUT2D eigenvalue weighted by atomic mass is 10.3. The summed E-state index contributed by atoms with van der Waals surface area (Å²) >= 11 is 0. The lowest BCUT2D eigenvalue weighted by Crippen LogP contribution is -2.06. The molecule has 2 aromatic rings. The van der Waals surface area contributed by atoms with E-state index >= 15 is 0 Å². The van der Waals surface area contributed by atoms with E-state index in [1.807, 2.05) is 30.3 Å². The van der Waals surface area contributed by atoms with E-state index in [2.05, 4.69) is 15.3 Å². The largest absolute Gasteiger partial charge is 0.494 e. The van der Waals surface area contributed by atoms with Crippen LogP contribution in [0.4, 0.5) is 5.95 Å². The van der Waals surface area contributed by atoms with Crippen molar-refractivity contribution in [3.8, 4) is 5.75 Å². The number of ether oxygens (including phenoxy) is 1. The van der Waals surface area contributed by atoms with Crippen molar-refractivity contribution < 1.29 is 4.74 Å². The normalized spacial score (nSPS) is 10.0. The summed E-state index contributed by atoms with van der Waals surface area (Å²) in [6.45, 7) is 1.60. The second kappa shape index (κ2) is 7.27. The Morgan fingerprint density at radius 1 is 0.944 bits per heavy atom. The van der Waals surface area contributed by atoms with Gasteiger partial charge in [-0.05, 0) is 31.0 Å². The quantitative estimate of drug-likeness (QED) is 0.760. The Hall–Kier alpha value is -2.10. The molecule has 0 amide bonds. The zero-order valence-electron chi connectivity index (χ0n) is 10.2. The van der Waals surface area contributed by atoms with Gasteiger partial charge in [0, 0.05) is 18.9 Å². The minimum absolute atomic E-state index is 0.682. The van der Waals surface area contributed by atoms with E-state index in [4.69, 9.17) is 4.74 Å². The Bertz CT molecular complexity index is 390. The van der Waals surface area contributed by atoms with E-state index in [0.717, 1.165) is 31.7 Å². The van der Waals surface area contributed by atoms with Gasteiger partial charge in [0.15, 0.2) is 0 Å². The summed E-state index contributed by atoms with van der Waals surface area (Å²) in [6.07, 6.45) is 5.50. The van der Waals surface area contributed by atoms with Gasteiger partial charge < -0.3 is 10.1 Å². The van der Waals surface area contributed by atoms with Gasteiger partial charge >= 0.3 is 0 Å². The van der Waals surface area contributed by atoms with Gasteiger partial charge in [-0.3, -0.25) is 0 Å². The molecule has 0 unspecified atom stereocenters. The molecule has 4 heteroatoms. The van der Waals surface area contributed by atoms with Crippen LogP contribution < -0.4 is 10.1 Å². The summed E-state index contributed by atoms with van der Waals surface area (Å²) in [4.78, 5) is 8.18. The van der Waals surface area contributed by atoms with Crippen LogP contribution in [-0.2, 0) is 0 Å². The van der Waals surface area contributed by atoms with Crippen molar-refractivity contribution in [2.45, 2.75) is 12.8 Å². The molecule has 18 heavy (non-hydrogen) atoms. The standard InChI is InChI=1S/C14H17N3O/c1-2-7-13(8-3-1)18-12-5-4-9-15-14-16-10-6-11-17-14/h1-3,6-8,10-11H,4-5,9,12H2,(H,15,16,17). The molecular weight excluding hydrogens is 226 g/mol. The van der Waals surface area contributed by atoms with E-state index in [-0.39, 0.29) is 0 Å². The van der Waals surface area contributed by atoms with Crippen molar-refractivity contribution in [2.24, 2.45) is 0 Å². The Labute approximate surface area is 107 Å². The van der Waals surface area contributed by atoms with E-state index in [0.29, 0.717) is 5.95 Å². The highest BCUT2D eigenvalue weighted by atomic mass is 16.5. The van der Waals surface area contributed by atoms with Crippen molar-refractivity contribution in [2.75, 3.05) is 18.5 Å². The number of hydrogen-bond acceptors (Lipinski definition) is 4. The third-order valence-corrected chi connectivity index (χ3v) is 2.43. The Balaban J connectivity index is 1.54. The van der Waals surface area contributed by atoms with Crippen LogP contribution in [0.25, 0.3) is 0 Å². The van der Waals surface area contributed by atoms with Gasteiger partial charge in [0.1, 0.15) is 5.75 Å². The highest BCUT2D eigenvalue weighted by Gasteiger charge is 1.94. The molecule has 2 rings (SSSR count). The first-order valence-corrected chi connectivity index (χ1v) is 6.14. The van der Waals surface area contributed by atoms with Gasteiger partial charge in [-0.2, -0.15) is 0 Å². The first kappa shape index (κ1) is 12.4. The number of para-hydroxylation sites is 1. The second-order valence-corrected chi connectivity index (χ2v) is 3.87. The van der Waals surface area contributed by atoms with Crippen LogP contribution in [0, 0.1) is 0 Å². The lowest BCUT2D eigenvalue weighted by Gasteiger charge is -2.06. The minimum atomic E-state index is 0.682. The summed E-state index contributed by atoms with van der Waals surface area (Å²) < 4.78 is 5.60. The molecule has 1 N–H and O–H groups in total. The number of benzene rings is 1. The summed E-state index contributed by atoms with van der Waals surface area (Å²) in [5, 5.41) is 3.17. The maximum Gasteiger partial charge on any atom is 0.222 e. The number of anilines is 1. The number of aromatic nitrogens is 2. The van der Waals surface area contributed by atoms with Crippen LogP contribution in [0.2, 0.25) is 0 Å². The zero-order chi connectivity index (χ0) is 12.5. The van der Waals surface area contributed by atoms with E-state index < -0.39 is 0 Å². The number of unbranched alkanes of at least 4 members (excludes halogenated alkanes) is 1. The van der Waals surface area contributed by atoms with Crippen molar-refractivity contribution in [3.63, 3.8) is 0 Å². The summed E-state index contributed by atoms with van der Waals surface area (Å²) in [5.41, 5.74) is 0. The molecule has 0 spiro atoms. The molecule has 4 nitrogen and oxygen atoms in total. The maximum atomic E-state index is 5.60. The topological polar surface area (TPSA) is 47.0 Å². The molecule has 0 aliphatic rings. The van der Waals surface area contributed by atoms with Gasteiger partial charge in [0.05, 0.1) is 6.61 Å². The van der Waals surface area contributed by atoms with Crippen LogP contribution in [0.5, 0.6) is 5.75 Å². The third kappa shape index (κ3) is 4.41. The predicted molar refractivity (Wildman–Crippen MR) is 71.7 cm³/mol. The van der Waals surface area contributed by atoms with Crippen molar-refractivity contribution in [1.82, 2.24) is 9.97 Å². The third-order valence-electron chi connectivity index (χ3n) is 2.43. The van der Waals surface area contributed by atoms with Crippen molar-refractivity contribution in [1.29, 1.82) is 0 Å². The van der Waals surface area contributed by atoms with Crippen molar-refractivity contribution in [3.05, 3.63) is 48.8 Å². The highest BCUT2D eigenvalue weighted by Crippen LogP contribution is 2.08. The van der Waals surface area contributed by atoms with E-state index in [1.165, 1.54) is 0 Å². The first-order chi connectivity index (χ1) is 8.95. The van der Waals surface area contributed by atoms with Crippen LogP contribution in [0.15, 0.2) is 48.8 Å². The zero-order valence-corrected chi connectivity index (χ0v) is 10.2. The number of nitrogens with one attached hydrogen (secondary N) is 1. The molecule has 94 valence electrons. The van der Waals surface area contributed by atoms with Gasteiger partial charge in [-0.25, -0.2) is 9.97 Å². The van der Waals surface area contributed by atoms with Gasteiger partial charge in [0.25, 0.3) is 0 Å². The molecule has 0 saturated carbocycles. The van der Waals surface area contributed by atoms with Crippen LogP contribution in [-0.4, -0.2) is 23.1 Å². The van der Waals surface area contributed by atoms with Crippen LogP contribution in [0.3, 0.4) is 0 Å². The Kier molecular flexibility index (Phi) is 4.99. The fourth-order valence-corrected chi connectivity index (χ4v) is 1.52. The molecule has 0 fully saturated rings. The smallest absolute Gasteiger partial charge is 0.222 e. The molecule has 0 bridgehead atoms. The summed E-state index contributed by atoms with van der Waals surface area (Å²) in [6, 6.07) is 11.7. The van der Waals surface area contributed by atoms with Gasteiger partial charge in [-0.1, -0.05) is 18.2 Å². The molecule has 1 heterocycles. The number of rotatable bonds is 7. The monoisotopic (exact) mass is 243 g/mol. The molecule has 0 atom stereocenters. The molecule has 0 aliphatic heterocycles. The fraction of sp³-hybridized carbons (Fsp3) is 0.286. The van der Waals surface area contributed by atoms with E-state index in [9.17, 15) is 0 Å². The first-order valence-electron chi connectivity index (χ1n) is 6.14. The van der Waals surface area contributed by atoms with E-state index in [1.54, 1.807) is 18.5 Å². The second-order valence-electron chi connectivity index (χ2n) is 3.87. The molecule has 0 saturated heterocycles. The molecular formula is C14H17N3O. The van der Waals surface area contributed by atoms with Gasteiger partial charge in [-0.15, -0.1) is 0 Å². The summed E-state index contributed by atoms with van der Waals surface area (Å²) in [7, 11) is 0. The lowest BCUT2D eigenvalue weighted by molar-refractivity contribution is 0.308. The fourth-order valence-electron chi connectivity index (χ4n) is 1.52. The average Bonchev–Trinajstić information content (AvgIpc) is 2.45. The predicted octanol–water partition coefficient (Wildman–Crippen LogP) is 2.75. The molecule has 0 aliphatic carbocycles. The number of hydrogen-bond donors (Lipinski definition) is 1. The van der Waals surface area contributed by atoms with Crippen molar-refractivity contribution >= 4 is 5.95 Å². The van der Waals surface area contributed by atoms with Gasteiger partial charge in [0.2, 0.25) is 5.95 Å².